The Morgan fingerprint density at radius 2 is 2.32 bits per heavy atom. The van der Waals surface area contributed by atoms with Crippen LogP contribution in [-0.2, 0) is 11.3 Å². The van der Waals surface area contributed by atoms with Crippen molar-refractivity contribution >= 4 is 0 Å². The summed E-state index contributed by atoms with van der Waals surface area (Å²) in [6, 6.07) is 0.679. The van der Waals surface area contributed by atoms with Gasteiger partial charge < -0.3 is 14.6 Å². The summed E-state index contributed by atoms with van der Waals surface area (Å²) < 4.78 is 11.1. The van der Waals surface area contributed by atoms with Crippen LogP contribution >= 0.6 is 0 Å². The molecule has 1 aromatic rings. The molecular formula is C14H23N3O2. The Balaban J connectivity index is 1.45. The van der Waals surface area contributed by atoms with Gasteiger partial charge in [-0.05, 0) is 33.2 Å². The van der Waals surface area contributed by atoms with Crippen LogP contribution in [0.25, 0.3) is 0 Å². The van der Waals surface area contributed by atoms with Crippen LogP contribution in [0.15, 0.2) is 4.52 Å². The molecule has 106 valence electrons. The molecule has 0 radical (unpaired) electrons. The Kier molecular flexibility index (Phi) is 3.86. The molecule has 0 bridgehead atoms. The van der Waals surface area contributed by atoms with Gasteiger partial charge in [0.1, 0.15) is 5.76 Å². The molecule has 2 saturated heterocycles. The van der Waals surface area contributed by atoms with Crippen LogP contribution in [0.5, 0.6) is 0 Å². The topological polar surface area (TPSA) is 50.5 Å². The highest BCUT2D eigenvalue weighted by molar-refractivity contribution is 5.20. The highest BCUT2D eigenvalue weighted by Crippen LogP contribution is 2.22. The van der Waals surface area contributed by atoms with E-state index in [0.717, 1.165) is 37.7 Å². The van der Waals surface area contributed by atoms with Crippen LogP contribution in [0, 0.1) is 13.8 Å². The van der Waals surface area contributed by atoms with Gasteiger partial charge in [-0.15, -0.1) is 0 Å². The smallest absolute Gasteiger partial charge is 0.138 e. The van der Waals surface area contributed by atoms with E-state index in [1.807, 2.05) is 13.8 Å². The lowest BCUT2D eigenvalue weighted by Crippen LogP contribution is -2.49. The van der Waals surface area contributed by atoms with E-state index in [0.29, 0.717) is 12.1 Å². The van der Waals surface area contributed by atoms with Crippen molar-refractivity contribution in [3.8, 4) is 0 Å². The minimum Gasteiger partial charge on any atom is -0.374 e. The molecule has 3 rings (SSSR count). The summed E-state index contributed by atoms with van der Waals surface area (Å²) in [7, 11) is 0. The zero-order valence-electron chi connectivity index (χ0n) is 11.8. The Morgan fingerprint density at radius 1 is 1.42 bits per heavy atom. The van der Waals surface area contributed by atoms with Crippen LogP contribution in [-0.4, -0.2) is 48.4 Å². The van der Waals surface area contributed by atoms with Gasteiger partial charge in [-0.2, -0.15) is 0 Å². The molecule has 3 heterocycles. The van der Waals surface area contributed by atoms with Crippen LogP contribution in [0.1, 0.15) is 29.9 Å². The first kappa shape index (κ1) is 13.1. The SMILES string of the molecule is Cc1noc(C)c1CNCC1CN2CCCC2CO1. The maximum Gasteiger partial charge on any atom is 0.138 e. The fourth-order valence-electron chi connectivity index (χ4n) is 3.12. The van der Waals surface area contributed by atoms with E-state index < -0.39 is 0 Å². The number of aryl methyl sites for hydroxylation is 2. The number of aromatic nitrogens is 1. The average molecular weight is 265 g/mol. The molecular weight excluding hydrogens is 242 g/mol. The van der Waals surface area contributed by atoms with Gasteiger partial charge >= 0.3 is 0 Å². The lowest BCUT2D eigenvalue weighted by molar-refractivity contribution is -0.0470. The second kappa shape index (κ2) is 5.61. The second-order valence-corrected chi connectivity index (χ2v) is 5.68. The normalized spacial score (nSPS) is 27.7. The molecule has 5 heteroatoms. The van der Waals surface area contributed by atoms with Crippen LogP contribution in [0.3, 0.4) is 0 Å². The zero-order chi connectivity index (χ0) is 13.2. The third-order valence-corrected chi connectivity index (χ3v) is 4.32. The van der Waals surface area contributed by atoms with Crippen molar-refractivity contribution in [2.75, 3.05) is 26.2 Å². The minimum absolute atomic E-state index is 0.315. The lowest BCUT2D eigenvalue weighted by atomic mass is 10.1. The molecule has 2 aliphatic heterocycles. The molecule has 2 atom stereocenters. The molecule has 0 amide bonds. The standard InChI is InChI=1S/C14H23N3O2/c1-10-14(11(2)19-16-10)7-15-6-13-8-17-5-3-4-12(17)9-18-13/h12-13,15H,3-9H2,1-2H3. The van der Waals surface area contributed by atoms with E-state index in [4.69, 9.17) is 9.26 Å². The van der Waals surface area contributed by atoms with Crippen molar-refractivity contribution in [1.29, 1.82) is 0 Å². The molecule has 1 N–H and O–H groups in total. The molecule has 1 aromatic heterocycles. The predicted molar refractivity (Wildman–Crippen MR) is 72.0 cm³/mol. The fourth-order valence-corrected chi connectivity index (χ4v) is 3.12. The van der Waals surface area contributed by atoms with Gasteiger partial charge in [-0.3, -0.25) is 4.90 Å². The van der Waals surface area contributed by atoms with Gasteiger partial charge in [0.25, 0.3) is 0 Å². The number of morpholine rings is 1. The van der Waals surface area contributed by atoms with E-state index in [9.17, 15) is 0 Å². The van der Waals surface area contributed by atoms with E-state index >= 15 is 0 Å². The van der Waals surface area contributed by atoms with Crippen molar-refractivity contribution in [2.24, 2.45) is 0 Å². The summed E-state index contributed by atoms with van der Waals surface area (Å²) in [4.78, 5) is 2.58. The molecule has 2 fully saturated rings. The van der Waals surface area contributed by atoms with Crippen LogP contribution in [0.2, 0.25) is 0 Å². The van der Waals surface area contributed by atoms with Crippen molar-refractivity contribution < 1.29 is 9.26 Å². The first-order valence-corrected chi connectivity index (χ1v) is 7.22. The van der Waals surface area contributed by atoms with E-state index in [1.54, 1.807) is 0 Å². The Morgan fingerprint density at radius 3 is 3.11 bits per heavy atom. The minimum atomic E-state index is 0.315. The number of hydrogen-bond acceptors (Lipinski definition) is 5. The van der Waals surface area contributed by atoms with Gasteiger partial charge in [0, 0.05) is 31.2 Å². The van der Waals surface area contributed by atoms with Crippen molar-refractivity contribution in [3.05, 3.63) is 17.0 Å². The van der Waals surface area contributed by atoms with Crippen LogP contribution < -0.4 is 5.32 Å². The highest BCUT2D eigenvalue weighted by atomic mass is 16.5. The summed E-state index contributed by atoms with van der Waals surface area (Å²) in [5.74, 6) is 0.911. The summed E-state index contributed by atoms with van der Waals surface area (Å²) in [5, 5.41) is 7.44. The summed E-state index contributed by atoms with van der Waals surface area (Å²) in [5.41, 5.74) is 2.16. The fraction of sp³-hybridized carbons (Fsp3) is 0.786. The Labute approximate surface area is 114 Å². The highest BCUT2D eigenvalue weighted by Gasteiger charge is 2.31. The van der Waals surface area contributed by atoms with Crippen molar-refractivity contribution in [3.63, 3.8) is 0 Å². The number of ether oxygens (including phenoxy) is 1. The van der Waals surface area contributed by atoms with Crippen LogP contribution in [0.4, 0.5) is 0 Å². The first-order chi connectivity index (χ1) is 9.24. The quantitative estimate of drug-likeness (QED) is 0.888. The summed E-state index contributed by atoms with van der Waals surface area (Å²) in [6.07, 6.45) is 2.95. The average Bonchev–Trinajstić information content (AvgIpc) is 2.99. The molecule has 0 saturated carbocycles. The number of fused-ring (bicyclic) bond motifs is 1. The predicted octanol–water partition coefficient (Wildman–Crippen LogP) is 1.24. The van der Waals surface area contributed by atoms with Gasteiger partial charge in [0.15, 0.2) is 0 Å². The van der Waals surface area contributed by atoms with Crippen molar-refractivity contribution in [1.82, 2.24) is 15.4 Å². The number of nitrogens with one attached hydrogen (secondary N) is 1. The molecule has 0 aromatic carbocycles. The molecule has 2 aliphatic rings. The number of hydrogen-bond donors (Lipinski definition) is 1. The number of nitrogens with zero attached hydrogens (tertiary/aromatic N) is 2. The maximum absolute atomic E-state index is 5.93. The molecule has 0 aliphatic carbocycles. The van der Waals surface area contributed by atoms with E-state index in [2.05, 4.69) is 15.4 Å². The molecule has 5 nitrogen and oxygen atoms in total. The first-order valence-electron chi connectivity index (χ1n) is 7.22. The maximum atomic E-state index is 5.93. The molecule has 19 heavy (non-hydrogen) atoms. The van der Waals surface area contributed by atoms with Gasteiger partial charge in [0.2, 0.25) is 0 Å². The van der Waals surface area contributed by atoms with Crippen molar-refractivity contribution in [2.45, 2.75) is 45.4 Å². The summed E-state index contributed by atoms with van der Waals surface area (Å²) >= 11 is 0. The van der Waals surface area contributed by atoms with Gasteiger partial charge in [-0.25, -0.2) is 0 Å². The third kappa shape index (κ3) is 2.83. The van der Waals surface area contributed by atoms with Gasteiger partial charge in [-0.1, -0.05) is 5.16 Å². The number of rotatable bonds is 4. The monoisotopic (exact) mass is 265 g/mol. The molecule has 2 unspecified atom stereocenters. The Bertz CT molecular complexity index is 413. The zero-order valence-corrected chi connectivity index (χ0v) is 11.8. The Hall–Kier alpha value is -0.910. The van der Waals surface area contributed by atoms with E-state index in [-0.39, 0.29) is 0 Å². The largest absolute Gasteiger partial charge is 0.374 e. The second-order valence-electron chi connectivity index (χ2n) is 5.68. The van der Waals surface area contributed by atoms with Gasteiger partial charge in [0.05, 0.1) is 18.4 Å². The summed E-state index contributed by atoms with van der Waals surface area (Å²) in [6.45, 7) is 8.87. The molecule has 0 spiro atoms. The lowest BCUT2D eigenvalue weighted by Gasteiger charge is -2.35. The van der Waals surface area contributed by atoms with E-state index in [1.165, 1.54) is 24.9 Å². The third-order valence-electron chi connectivity index (χ3n) is 4.32.